The highest BCUT2D eigenvalue weighted by atomic mass is 16.5. The van der Waals surface area contributed by atoms with Crippen molar-refractivity contribution in [1.82, 2.24) is 9.55 Å². The first-order chi connectivity index (χ1) is 12.1. The highest BCUT2D eigenvalue weighted by molar-refractivity contribution is 5.86. The van der Waals surface area contributed by atoms with Gasteiger partial charge < -0.3 is 4.74 Å². The van der Waals surface area contributed by atoms with Gasteiger partial charge in [0.1, 0.15) is 0 Å². The Morgan fingerprint density at radius 1 is 1.28 bits per heavy atom. The lowest BCUT2D eigenvalue weighted by Gasteiger charge is -2.14. The lowest BCUT2D eigenvalue weighted by molar-refractivity contribution is 0.0748. The zero-order valence-corrected chi connectivity index (χ0v) is 15.0. The molecule has 6 heteroatoms. The smallest absolute Gasteiger partial charge is 0.262 e. The number of hydrazone groups is 1. The molecular weight excluding hydrogens is 316 g/mol. The summed E-state index contributed by atoms with van der Waals surface area (Å²) in [7, 11) is 0. The van der Waals surface area contributed by atoms with Crippen LogP contribution in [0.25, 0.3) is 10.9 Å². The van der Waals surface area contributed by atoms with E-state index in [0.29, 0.717) is 30.0 Å². The van der Waals surface area contributed by atoms with Crippen LogP contribution in [0, 0.1) is 0 Å². The molecule has 0 amide bonds. The van der Waals surface area contributed by atoms with E-state index < -0.39 is 0 Å². The molecule has 1 aromatic carbocycles. The van der Waals surface area contributed by atoms with Crippen LogP contribution in [-0.4, -0.2) is 28.0 Å². The van der Waals surface area contributed by atoms with Gasteiger partial charge in [0.25, 0.3) is 5.56 Å². The van der Waals surface area contributed by atoms with Gasteiger partial charge in [0.15, 0.2) is 0 Å². The third-order valence-electron chi connectivity index (χ3n) is 4.33. The molecule has 0 unspecified atom stereocenters. The molecule has 6 nitrogen and oxygen atoms in total. The third kappa shape index (κ3) is 4.45. The molecule has 1 aliphatic carbocycles. The van der Waals surface area contributed by atoms with E-state index in [1.165, 1.54) is 12.8 Å². The van der Waals surface area contributed by atoms with Crippen molar-refractivity contribution in [2.75, 3.05) is 12.0 Å². The lowest BCUT2D eigenvalue weighted by atomic mass is 10.2. The van der Waals surface area contributed by atoms with Gasteiger partial charge in [0.2, 0.25) is 5.95 Å². The minimum Gasteiger partial charge on any atom is -0.379 e. The van der Waals surface area contributed by atoms with E-state index in [0.717, 1.165) is 25.0 Å². The number of hydrogen-bond acceptors (Lipinski definition) is 5. The standard InChI is InChI=1S/C19H26N4O2/c1-14(2)25-13-7-12-23-18(24)16-10-5-6-11-17(16)20-19(23)22-21-15-8-3-4-9-15/h5-6,10-11,14H,3-4,7-9,12-13H2,1-2H3,(H,20,22). The van der Waals surface area contributed by atoms with E-state index in [1.807, 2.05) is 38.1 Å². The monoisotopic (exact) mass is 342 g/mol. The van der Waals surface area contributed by atoms with Crippen LogP contribution in [0.5, 0.6) is 0 Å². The fourth-order valence-electron chi connectivity index (χ4n) is 3.03. The minimum absolute atomic E-state index is 0.0377. The van der Waals surface area contributed by atoms with Crippen LogP contribution in [0.2, 0.25) is 0 Å². The summed E-state index contributed by atoms with van der Waals surface area (Å²) in [5, 5.41) is 5.10. The van der Waals surface area contributed by atoms with Gasteiger partial charge in [-0.25, -0.2) is 10.4 Å². The molecule has 2 aromatic rings. The van der Waals surface area contributed by atoms with Crippen LogP contribution in [-0.2, 0) is 11.3 Å². The molecule has 0 atom stereocenters. The molecule has 134 valence electrons. The van der Waals surface area contributed by atoms with Gasteiger partial charge in [-0.1, -0.05) is 12.1 Å². The van der Waals surface area contributed by atoms with Crippen molar-refractivity contribution in [2.24, 2.45) is 5.10 Å². The van der Waals surface area contributed by atoms with Crippen molar-refractivity contribution < 1.29 is 4.74 Å². The summed E-state index contributed by atoms with van der Waals surface area (Å²) in [6.45, 7) is 5.18. The Kier molecular flexibility index (Phi) is 5.81. The second-order valence-electron chi connectivity index (χ2n) is 6.68. The Hall–Kier alpha value is -2.21. The van der Waals surface area contributed by atoms with Gasteiger partial charge in [-0.05, 0) is 58.1 Å². The quantitative estimate of drug-likeness (QED) is 0.617. The van der Waals surface area contributed by atoms with Crippen molar-refractivity contribution in [3.8, 4) is 0 Å². The first-order valence-corrected chi connectivity index (χ1v) is 9.08. The topological polar surface area (TPSA) is 68.5 Å². The van der Waals surface area contributed by atoms with Gasteiger partial charge in [-0.3, -0.25) is 9.36 Å². The molecule has 0 radical (unpaired) electrons. The predicted octanol–water partition coefficient (Wildman–Crippen LogP) is 3.55. The molecule has 1 N–H and O–H groups in total. The van der Waals surface area contributed by atoms with E-state index in [1.54, 1.807) is 4.57 Å². The van der Waals surface area contributed by atoms with Gasteiger partial charge in [0, 0.05) is 18.9 Å². The molecule has 0 bridgehead atoms. The molecule has 25 heavy (non-hydrogen) atoms. The molecule has 1 heterocycles. The number of hydrogen-bond donors (Lipinski definition) is 1. The van der Waals surface area contributed by atoms with Crippen LogP contribution in [0.3, 0.4) is 0 Å². The van der Waals surface area contributed by atoms with Crippen molar-refractivity contribution in [3.63, 3.8) is 0 Å². The number of nitrogens with one attached hydrogen (secondary N) is 1. The summed E-state index contributed by atoms with van der Waals surface area (Å²) in [5.74, 6) is 0.507. The van der Waals surface area contributed by atoms with Crippen LogP contribution >= 0.6 is 0 Å². The number of para-hydroxylation sites is 1. The Morgan fingerprint density at radius 3 is 2.80 bits per heavy atom. The fourth-order valence-corrected chi connectivity index (χ4v) is 3.03. The first kappa shape index (κ1) is 17.6. The maximum Gasteiger partial charge on any atom is 0.262 e. The lowest BCUT2D eigenvalue weighted by Crippen LogP contribution is -2.25. The van der Waals surface area contributed by atoms with Crippen molar-refractivity contribution in [3.05, 3.63) is 34.6 Å². The molecule has 0 spiro atoms. The van der Waals surface area contributed by atoms with E-state index in [2.05, 4.69) is 15.5 Å². The van der Waals surface area contributed by atoms with E-state index in [4.69, 9.17) is 4.74 Å². The summed E-state index contributed by atoms with van der Waals surface area (Å²) < 4.78 is 7.26. The molecule has 3 rings (SSSR count). The van der Waals surface area contributed by atoms with E-state index >= 15 is 0 Å². The Bertz CT molecular complexity index is 803. The average molecular weight is 342 g/mol. The summed E-state index contributed by atoms with van der Waals surface area (Å²) in [5.41, 5.74) is 4.84. The molecule has 1 aromatic heterocycles. The van der Waals surface area contributed by atoms with Crippen molar-refractivity contribution >= 4 is 22.6 Å². The molecule has 1 saturated carbocycles. The van der Waals surface area contributed by atoms with Crippen LogP contribution in [0.15, 0.2) is 34.2 Å². The van der Waals surface area contributed by atoms with E-state index in [9.17, 15) is 4.79 Å². The number of benzene rings is 1. The fraction of sp³-hybridized carbons (Fsp3) is 0.526. The highest BCUT2D eigenvalue weighted by Crippen LogP contribution is 2.16. The second-order valence-corrected chi connectivity index (χ2v) is 6.68. The maximum atomic E-state index is 12.9. The van der Waals surface area contributed by atoms with Crippen molar-refractivity contribution in [1.29, 1.82) is 0 Å². The Morgan fingerprint density at radius 2 is 2.04 bits per heavy atom. The normalized spacial score (nSPS) is 14.4. The number of aromatic nitrogens is 2. The predicted molar refractivity (Wildman–Crippen MR) is 101 cm³/mol. The summed E-state index contributed by atoms with van der Waals surface area (Å²) >= 11 is 0. The van der Waals surface area contributed by atoms with Crippen LogP contribution in [0.1, 0.15) is 46.0 Å². The Balaban J connectivity index is 1.87. The molecule has 1 aliphatic rings. The summed E-state index contributed by atoms with van der Waals surface area (Å²) in [6.07, 6.45) is 5.36. The van der Waals surface area contributed by atoms with Gasteiger partial charge in [-0.2, -0.15) is 5.10 Å². The number of nitrogens with zero attached hydrogens (tertiary/aromatic N) is 3. The Labute approximate surface area is 147 Å². The number of ether oxygens (including phenoxy) is 1. The van der Waals surface area contributed by atoms with Crippen molar-refractivity contribution in [2.45, 2.75) is 58.6 Å². The SMILES string of the molecule is CC(C)OCCCn1c(NN=C2CCCC2)nc2ccccc2c1=O. The second kappa shape index (κ2) is 8.25. The van der Waals surface area contributed by atoms with Gasteiger partial charge >= 0.3 is 0 Å². The zero-order chi connectivity index (χ0) is 17.6. The summed E-state index contributed by atoms with van der Waals surface area (Å²) in [6, 6.07) is 7.43. The molecule has 0 aliphatic heterocycles. The van der Waals surface area contributed by atoms with Crippen LogP contribution in [0.4, 0.5) is 5.95 Å². The molecule has 0 saturated heterocycles. The molecule has 1 fully saturated rings. The van der Waals surface area contributed by atoms with Gasteiger partial charge in [-0.15, -0.1) is 0 Å². The highest BCUT2D eigenvalue weighted by Gasteiger charge is 2.12. The third-order valence-corrected chi connectivity index (χ3v) is 4.33. The van der Waals surface area contributed by atoms with E-state index in [-0.39, 0.29) is 11.7 Å². The first-order valence-electron chi connectivity index (χ1n) is 9.08. The number of rotatable bonds is 7. The largest absolute Gasteiger partial charge is 0.379 e. The summed E-state index contributed by atoms with van der Waals surface area (Å²) in [4.78, 5) is 17.5. The zero-order valence-electron chi connectivity index (χ0n) is 15.0. The van der Waals surface area contributed by atoms with Crippen LogP contribution < -0.4 is 11.0 Å². The molecular formula is C19H26N4O2. The average Bonchev–Trinajstić information content (AvgIpc) is 3.12. The maximum absolute atomic E-state index is 12.9. The minimum atomic E-state index is -0.0377. The number of anilines is 1. The van der Waals surface area contributed by atoms with Gasteiger partial charge in [0.05, 0.1) is 17.0 Å². The number of fused-ring (bicyclic) bond motifs is 1.